The van der Waals surface area contributed by atoms with Crippen molar-refractivity contribution in [3.63, 3.8) is 0 Å². The summed E-state index contributed by atoms with van der Waals surface area (Å²) in [5.74, 6) is -0.903. The third kappa shape index (κ3) is 45.2. The lowest BCUT2D eigenvalue weighted by molar-refractivity contribution is -0.870. The molecular formula is C50H90NO8P. The van der Waals surface area contributed by atoms with E-state index in [2.05, 4.69) is 74.6 Å². The van der Waals surface area contributed by atoms with Crippen LogP contribution < -0.4 is 4.89 Å². The Labute approximate surface area is 368 Å². The zero-order valence-corrected chi connectivity index (χ0v) is 40.0. The van der Waals surface area contributed by atoms with Gasteiger partial charge in [0, 0.05) is 12.8 Å². The molecule has 1 unspecified atom stereocenters. The lowest BCUT2D eigenvalue weighted by Gasteiger charge is -2.28. The quantitative estimate of drug-likeness (QED) is 0.0196. The minimum Gasteiger partial charge on any atom is -0.756 e. The second-order valence-corrected chi connectivity index (χ2v) is 18.5. The van der Waals surface area contributed by atoms with Crippen LogP contribution in [0.3, 0.4) is 0 Å². The number of phosphoric ester groups is 1. The topological polar surface area (TPSA) is 111 Å². The van der Waals surface area contributed by atoms with Gasteiger partial charge in [-0.1, -0.05) is 164 Å². The minimum atomic E-state index is -4.64. The van der Waals surface area contributed by atoms with Gasteiger partial charge in [-0.25, -0.2) is 0 Å². The van der Waals surface area contributed by atoms with E-state index < -0.39 is 32.5 Å². The van der Waals surface area contributed by atoms with Crippen LogP contribution >= 0.6 is 7.82 Å². The third-order valence-electron chi connectivity index (χ3n) is 10.0. The molecule has 0 aliphatic carbocycles. The van der Waals surface area contributed by atoms with Crippen LogP contribution in [-0.2, 0) is 32.7 Å². The number of hydrogen-bond acceptors (Lipinski definition) is 8. The predicted molar refractivity (Wildman–Crippen MR) is 250 cm³/mol. The smallest absolute Gasteiger partial charge is 0.306 e. The van der Waals surface area contributed by atoms with Crippen molar-refractivity contribution in [1.82, 2.24) is 0 Å². The monoisotopic (exact) mass is 864 g/mol. The molecule has 0 saturated carbocycles. The van der Waals surface area contributed by atoms with E-state index in [4.69, 9.17) is 18.5 Å². The first kappa shape index (κ1) is 57.7. The molecular weight excluding hydrogens is 774 g/mol. The number of nitrogens with zero attached hydrogens (tertiary/aromatic N) is 1. The van der Waals surface area contributed by atoms with Crippen molar-refractivity contribution in [2.75, 3.05) is 47.5 Å². The molecule has 0 saturated heterocycles. The maximum atomic E-state index is 12.7. The number of ether oxygens (including phenoxy) is 2. The van der Waals surface area contributed by atoms with Gasteiger partial charge in [-0.3, -0.25) is 14.2 Å². The van der Waals surface area contributed by atoms with Gasteiger partial charge >= 0.3 is 11.9 Å². The molecule has 0 fully saturated rings. The van der Waals surface area contributed by atoms with Crippen LogP contribution in [0, 0.1) is 0 Å². The lowest BCUT2D eigenvalue weighted by atomic mass is 10.1. The Hall–Kier alpha value is -2.29. The highest BCUT2D eigenvalue weighted by Gasteiger charge is 2.21. The molecule has 0 aromatic rings. The van der Waals surface area contributed by atoms with Crippen LogP contribution in [0.5, 0.6) is 0 Å². The summed E-state index contributed by atoms with van der Waals surface area (Å²) in [5.41, 5.74) is 0. The molecule has 0 aromatic heterocycles. The second kappa shape index (κ2) is 42.0. The molecule has 348 valence electrons. The van der Waals surface area contributed by atoms with Crippen molar-refractivity contribution in [2.45, 2.75) is 200 Å². The summed E-state index contributed by atoms with van der Waals surface area (Å²) in [7, 11) is 1.13. The Balaban J connectivity index is 4.39. The molecule has 0 amide bonds. The molecule has 0 N–H and O–H groups in total. The van der Waals surface area contributed by atoms with Crippen molar-refractivity contribution in [1.29, 1.82) is 0 Å². The number of allylic oxidation sites excluding steroid dienone is 10. The van der Waals surface area contributed by atoms with Crippen LogP contribution in [0.4, 0.5) is 0 Å². The van der Waals surface area contributed by atoms with E-state index in [1.165, 1.54) is 109 Å². The Morgan fingerprint density at radius 3 is 1.43 bits per heavy atom. The standard InChI is InChI=1S/C50H90NO8P/c1-6-8-10-12-14-16-18-20-22-24-25-27-29-31-33-35-37-39-41-43-50(53)59-48(47-58-60(54,55)57-45-44-51(3,4)5)46-56-49(52)42-40-38-36-34-32-30-28-26-23-21-19-17-15-13-11-9-7-2/h15,17,20-23,28,30,34,36,48H,6-14,16,18-19,24-27,29,31-33,35,37-47H2,1-5H3/b17-15-,22-20-,23-21-,30-28-,36-34-/t48-/m1/s1. The molecule has 60 heavy (non-hydrogen) atoms. The highest BCUT2D eigenvalue weighted by molar-refractivity contribution is 7.45. The molecule has 0 aromatic carbocycles. The number of hydrogen-bond donors (Lipinski definition) is 0. The zero-order chi connectivity index (χ0) is 44.3. The van der Waals surface area contributed by atoms with Gasteiger partial charge in [0.25, 0.3) is 7.82 Å². The predicted octanol–water partition coefficient (Wildman–Crippen LogP) is 13.4. The largest absolute Gasteiger partial charge is 0.756 e. The van der Waals surface area contributed by atoms with E-state index in [0.717, 1.165) is 44.9 Å². The average Bonchev–Trinajstić information content (AvgIpc) is 3.20. The number of phosphoric acid groups is 1. The molecule has 0 spiro atoms. The summed E-state index contributed by atoms with van der Waals surface area (Å²) in [6.07, 6.45) is 51.1. The number of likely N-dealkylation sites (N-methyl/N-ethyl adjacent to an activating group) is 1. The normalized spacial score (nSPS) is 14.0. The van der Waals surface area contributed by atoms with E-state index in [1.54, 1.807) is 0 Å². The first-order chi connectivity index (χ1) is 29.0. The van der Waals surface area contributed by atoms with E-state index in [9.17, 15) is 19.0 Å². The maximum absolute atomic E-state index is 12.7. The fourth-order valence-electron chi connectivity index (χ4n) is 6.23. The molecule has 0 radical (unpaired) electrons. The van der Waals surface area contributed by atoms with E-state index >= 15 is 0 Å². The van der Waals surface area contributed by atoms with Crippen molar-refractivity contribution in [2.24, 2.45) is 0 Å². The molecule has 10 heteroatoms. The molecule has 0 aliphatic rings. The van der Waals surface area contributed by atoms with Gasteiger partial charge in [-0.05, 0) is 77.0 Å². The van der Waals surface area contributed by atoms with Crippen molar-refractivity contribution >= 4 is 19.8 Å². The summed E-state index contributed by atoms with van der Waals surface area (Å²) < 4.78 is 33.9. The third-order valence-corrected chi connectivity index (χ3v) is 11.0. The van der Waals surface area contributed by atoms with Crippen molar-refractivity contribution in [3.05, 3.63) is 60.8 Å². The molecule has 2 atom stereocenters. The van der Waals surface area contributed by atoms with Crippen LogP contribution in [0.1, 0.15) is 194 Å². The number of esters is 2. The maximum Gasteiger partial charge on any atom is 0.306 e. The summed E-state index contributed by atoms with van der Waals surface area (Å²) in [6.45, 7) is 4.13. The number of quaternary nitrogens is 1. The van der Waals surface area contributed by atoms with Crippen molar-refractivity contribution < 1.29 is 42.1 Å². The first-order valence-electron chi connectivity index (χ1n) is 24.0. The van der Waals surface area contributed by atoms with E-state index in [0.29, 0.717) is 23.9 Å². The van der Waals surface area contributed by atoms with Gasteiger partial charge in [0.05, 0.1) is 27.7 Å². The van der Waals surface area contributed by atoms with Crippen molar-refractivity contribution in [3.8, 4) is 0 Å². The van der Waals surface area contributed by atoms with Crippen LogP contribution in [0.15, 0.2) is 60.8 Å². The fourth-order valence-corrected chi connectivity index (χ4v) is 6.96. The molecule has 9 nitrogen and oxygen atoms in total. The Bertz CT molecular complexity index is 1210. The highest BCUT2D eigenvalue weighted by Crippen LogP contribution is 2.38. The van der Waals surface area contributed by atoms with Gasteiger partial charge in [0.15, 0.2) is 6.10 Å². The van der Waals surface area contributed by atoms with Crippen LogP contribution in [-0.4, -0.2) is 70.0 Å². The summed E-state index contributed by atoms with van der Waals surface area (Å²) in [5, 5.41) is 0. The van der Waals surface area contributed by atoms with E-state index in [-0.39, 0.29) is 26.1 Å². The van der Waals surface area contributed by atoms with Gasteiger partial charge in [0.1, 0.15) is 19.8 Å². The first-order valence-corrected chi connectivity index (χ1v) is 25.5. The number of rotatable bonds is 43. The molecule has 0 rings (SSSR count). The fraction of sp³-hybridized carbons (Fsp3) is 0.760. The lowest BCUT2D eigenvalue weighted by Crippen LogP contribution is -2.37. The Morgan fingerprint density at radius 2 is 0.917 bits per heavy atom. The van der Waals surface area contributed by atoms with Gasteiger partial charge in [-0.15, -0.1) is 0 Å². The minimum absolute atomic E-state index is 0.0415. The highest BCUT2D eigenvalue weighted by atomic mass is 31.2. The Morgan fingerprint density at radius 1 is 0.517 bits per heavy atom. The second-order valence-electron chi connectivity index (χ2n) is 17.1. The Kier molecular flexibility index (Phi) is 40.4. The molecule has 0 heterocycles. The van der Waals surface area contributed by atoms with Gasteiger partial charge < -0.3 is 27.9 Å². The van der Waals surface area contributed by atoms with E-state index in [1.807, 2.05) is 21.1 Å². The molecule has 0 aliphatic heterocycles. The molecule has 0 bridgehead atoms. The summed E-state index contributed by atoms with van der Waals surface area (Å²) >= 11 is 0. The summed E-state index contributed by atoms with van der Waals surface area (Å²) in [4.78, 5) is 37.6. The average molecular weight is 864 g/mol. The summed E-state index contributed by atoms with van der Waals surface area (Å²) in [6, 6.07) is 0. The number of carbonyl (C=O) groups is 2. The van der Waals surface area contributed by atoms with Gasteiger partial charge in [0.2, 0.25) is 0 Å². The van der Waals surface area contributed by atoms with Crippen LogP contribution in [0.2, 0.25) is 0 Å². The zero-order valence-electron chi connectivity index (χ0n) is 39.1. The van der Waals surface area contributed by atoms with Crippen LogP contribution in [0.25, 0.3) is 0 Å². The number of carbonyl (C=O) groups excluding carboxylic acids is 2. The van der Waals surface area contributed by atoms with Gasteiger partial charge in [-0.2, -0.15) is 0 Å². The number of unbranched alkanes of at least 4 members (excludes halogenated alkanes) is 19. The SMILES string of the molecule is CCCCC/C=C\C/C=C\C/C=C\C/C=C\CCCC(=O)OC[C@H](COP(=O)([O-])OCC[N+](C)(C)C)OC(=O)CCCCCCCCCCC/C=C\CCCCCCCC.